The molecule has 0 spiro atoms. The molecule has 18 heavy (non-hydrogen) atoms. The minimum atomic E-state index is -0.306. The molecular weight excluding hydrogens is 298 g/mol. The van der Waals surface area contributed by atoms with Gasteiger partial charge in [-0.3, -0.25) is 14.5 Å². The third-order valence-electron chi connectivity index (χ3n) is 2.78. The van der Waals surface area contributed by atoms with E-state index in [1.54, 1.807) is 7.11 Å². The Kier molecular flexibility index (Phi) is 3.52. The standard InChI is InChI=1S/C13H12BrNO3/c1-8-3-4-9(5-11(8)18-2)7-15-12(16)6-10(14)13(15)17/h3-6H,7H2,1-2H3. The zero-order chi connectivity index (χ0) is 13.3. The van der Waals surface area contributed by atoms with Crippen LogP contribution in [0.3, 0.4) is 0 Å². The maximum atomic E-state index is 11.7. The van der Waals surface area contributed by atoms with Gasteiger partial charge in [0.15, 0.2) is 0 Å². The predicted molar refractivity (Wildman–Crippen MR) is 70.3 cm³/mol. The van der Waals surface area contributed by atoms with E-state index in [4.69, 9.17) is 4.74 Å². The normalized spacial score (nSPS) is 15.1. The van der Waals surface area contributed by atoms with Crippen LogP contribution >= 0.6 is 15.9 Å². The van der Waals surface area contributed by atoms with Crippen molar-refractivity contribution >= 4 is 27.7 Å². The quantitative estimate of drug-likeness (QED) is 0.804. The van der Waals surface area contributed by atoms with Crippen molar-refractivity contribution < 1.29 is 14.3 Å². The number of ether oxygens (including phenoxy) is 1. The molecule has 5 heteroatoms. The van der Waals surface area contributed by atoms with Crippen LogP contribution in [0, 0.1) is 6.92 Å². The second-order valence-corrected chi connectivity index (χ2v) is 4.88. The molecule has 0 bridgehead atoms. The predicted octanol–water partition coefficient (Wildman–Crippen LogP) is 2.15. The number of rotatable bonds is 3. The van der Waals surface area contributed by atoms with Crippen molar-refractivity contribution in [3.05, 3.63) is 39.9 Å². The topological polar surface area (TPSA) is 46.6 Å². The Labute approximate surface area is 113 Å². The van der Waals surface area contributed by atoms with Crippen LogP contribution < -0.4 is 4.74 Å². The molecule has 1 aromatic rings. The van der Waals surface area contributed by atoms with Crippen molar-refractivity contribution in [2.24, 2.45) is 0 Å². The van der Waals surface area contributed by atoms with Gasteiger partial charge in [-0.05, 0) is 40.0 Å². The molecular formula is C13H12BrNO3. The van der Waals surface area contributed by atoms with Gasteiger partial charge in [-0.1, -0.05) is 12.1 Å². The molecule has 0 aliphatic carbocycles. The van der Waals surface area contributed by atoms with Gasteiger partial charge in [0.25, 0.3) is 11.8 Å². The number of nitrogens with zero attached hydrogens (tertiary/aromatic N) is 1. The van der Waals surface area contributed by atoms with Gasteiger partial charge in [0.1, 0.15) is 5.75 Å². The van der Waals surface area contributed by atoms with Crippen molar-refractivity contribution in [1.29, 1.82) is 0 Å². The minimum Gasteiger partial charge on any atom is -0.496 e. The van der Waals surface area contributed by atoms with E-state index in [0.29, 0.717) is 4.48 Å². The van der Waals surface area contributed by atoms with E-state index < -0.39 is 0 Å². The molecule has 2 rings (SSSR count). The number of methoxy groups -OCH3 is 1. The van der Waals surface area contributed by atoms with Crippen LogP contribution in [0.15, 0.2) is 28.8 Å². The first-order valence-electron chi connectivity index (χ1n) is 5.39. The fraction of sp³-hybridized carbons (Fsp3) is 0.231. The van der Waals surface area contributed by atoms with Gasteiger partial charge in [-0.25, -0.2) is 0 Å². The van der Waals surface area contributed by atoms with Gasteiger partial charge in [0, 0.05) is 6.08 Å². The summed E-state index contributed by atoms with van der Waals surface area (Å²) in [7, 11) is 1.59. The Bertz CT molecular complexity index is 551. The zero-order valence-electron chi connectivity index (χ0n) is 10.1. The van der Waals surface area contributed by atoms with E-state index in [1.165, 1.54) is 11.0 Å². The molecule has 1 heterocycles. The van der Waals surface area contributed by atoms with Gasteiger partial charge in [-0.15, -0.1) is 0 Å². The lowest BCUT2D eigenvalue weighted by Gasteiger charge is -2.15. The molecule has 4 nitrogen and oxygen atoms in total. The maximum Gasteiger partial charge on any atom is 0.268 e. The zero-order valence-corrected chi connectivity index (χ0v) is 11.7. The van der Waals surface area contributed by atoms with Gasteiger partial charge in [-0.2, -0.15) is 0 Å². The molecule has 1 aromatic carbocycles. The Morgan fingerprint density at radius 2 is 2.06 bits per heavy atom. The van der Waals surface area contributed by atoms with Gasteiger partial charge in [0.2, 0.25) is 0 Å². The van der Waals surface area contributed by atoms with Crippen molar-refractivity contribution in [2.45, 2.75) is 13.5 Å². The summed E-state index contributed by atoms with van der Waals surface area (Å²) in [6, 6.07) is 5.62. The lowest BCUT2D eigenvalue weighted by Crippen LogP contribution is -2.29. The number of amides is 2. The Morgan fingerprint density at radius 1 is 1.33 bits per heavy atom. The smallest absolute Gasteiger partial charge is 0.268 e. The van der Waals surface area contributed by atoms with Crippen LogP contribution in [-0.2, 0) is 16.1 Å². The number of halogens is 1. The minimum absolute atomic E-state index is 0.250. The summed E-state index contributed by atoms with van der Waals surface area (Å²) in [6.07, 6.45) is 1.29. The lowest BCUT2D eigenvalue weighted by atomic mass is 10.1. The molecule has 2 amide bonds. The average molecular weight is 310 g/mol. The molecule has 0 saturated carbocycles. The molecule has 0 atom stereocenters. The van der Waals surface area contributed by atoms with Gasteiger partial charge < -0.3 is 4.74 Å². The first-order chi connectivity index (χ1) is 8.52. The van der Waals surface area contributed by atoms with Crippen LogP contribution in [0.4, 0.5) is 0 Å². The SMILES string of the molecule is COc1cc(CN2C(=O)C=C(Br)C2=O)ccc1C. The van der Waals surface area contributed by atoms with E-state index >= 15 is 0 Å². The highest BCUT2D eigenvalue weighted by atomic mass is 79.9. The number of aryl methyl sites for hydroxylation is 1. The second kappa shape index (κ2) is 4.94. The van der Waals surface area contributed by atoms with E-state index in [2.05, 4.69) is 15.9 Å². The first kappa shape index (κ1) is 12.8. The van der Waals surface area contributed by atoms with Crippen molar-refractivity contribution in [2.75, 3.05) is 7.11 Å². The highest BCUT2D eigenvalue weighted by Crippen LogP contribution is 2.23. The summed E-state index contributed by atoms with van der Waals surface area (Å²) in [6.45, 7) is 2.19. The molecule has 94 valence electrons. The van der Waals surface area contributed by atoms with Crippen LogP contribution in [0.5, 0.6) is 5.75 Å². The summed E-state index contributed by atoms with van der Waals surface area (Å²) < 4.78 is 5.51. The fourth-order valence-corrected chi connectivity index (χ4v) is 2.18. The summed E-state index contributed by atoms with van der Waals surface area (Å²) in [5, 5.41) is 0. The number of hydrogen-bond acceptors (Lipinski definition) is 3. The highest BCUT2D eigenvalue weighted by Gasteiger charge is 2.29. The van der Waals surface area contributed by atoms with Crippen molar-refractivity contribution in [3.8, 4) is 5.75 Å². The average Bonchev–Trinajstić information content (AvgIpc) is 2.58. The molecule has 1 aliphatic heterocycles. The Morgan fingerprint density at radius 3 is 2.61 bits per heavy atom. The van der Waals surface area contributed by atoms with Crippen LogP contribution in [0.1, 0.15) is 11.1 Å². The first-order valence-corrected chi connectivity index (χ1v) is 6.18. The number of imide groups is 1. The Hall–Kier alpha value is -1.62. The molecule has 1 aliphatic rings. The number of benzene rings is 1. The van der Waals surface area contributed by atoms with E-state index in [0.717, 1.165) is 16.9 Å². The molecule has 0 aromatic heterocycles. The van der Waals surface area contributed by atoms with E-state index in [-0.39, 0.29) is 18.4 Å². The summed E-state index contributed by atoms with van der Waals surface area (Å²) in [4.78, 5) is 24.5. The Balaban J connectivity index is 2.21. The number of hydrogen-bond donors (Lipinski definition) is 0. The summed E-state index contributed by atoms with van der Waals surface area (Å²) >= 11 is 3.06. The molecule has 0 unspecified atom stereocenters. The van der Waals surface area contributed by atoms with Gasteiger partial charge >= 0.3 is 0 Å². The molecule has 0 N–H and O–H groups in total. The number of carbonyl (C=O) groups is 2. The fourth-order valence-electron chi connectivity index (χ4n) is 1.77. The van der Waals surface area contributed by atoms with Crippen molar-refractivity contribution in [3.63, 3.8) is 0 Å². The molecule has 0 saturated heterocycles. The van der Waals surface area contributed by atoms with Crippen molar-refractivity contribution in [1.82, 2.24) is 4.90 Å². The summed E-state index contributed by atoms with van der Waals surface area (Å²) in [5.74, 6) is 0.143. The number of carbonyl (C=O) groups excluding carboxylic acids is 2. The highest BCUT2D eigenvalue weighted by molar-refractivity contribution is 9.12. The van der Waals surface area contributed by atoms with E-state index in [1.807, 2.05) is 25.1 Å². The van der Waals surface area contributed by atoms with Crippen LogP contribution in [-0.4, -0.2) is 23.8 Å². The maximum absolute atomic E-state index is 11.7. The lowest BCUT2D eigenvalue weighted by molar-refractivity contribution is -0.137. The third-order valence-corrected chi connectivity index (χ3v) is 3.35. The summed E-state index contributed by atoms with van der Waals surface area (Å²) in [5.41, 5.74) is 1.87. The third kappa shape index (κ3) is 2.31. The van der Waals surface area contributed by atoms with Crippen LogP contribution in [0.2, 0.25) is 0 Å². The van der Waals surface area contributed by atoms with E-state index in [9.17, 15) is 9.59 Å². The molecule has 0 radical (unpaired) electrons. The molecule has 0 fully saturated rings. The van der Waals surface area contributed by atoms with Gasteiger partial charge in [0.05, 0.1) is 18.1 Å². The largest absolute Gasteiger partial charge is 0.496 e. The monoisotopic (exact) mass is 309 g/mol. The second-order valence-electron chi connectivity index (χ2n) is 4.03. The van der Waals surface area contributed by atoms with Crippen LogP contribution in [0.25, 0.3) is 0 Å².